The van der Waals surface area contributed by atoms with Crippen LogP contribution in [0, 0.1) is 12.7 Å². The van der Waals surface area contributed by atoms with Gasteiger partial charge >= 0.3 is 0 Å². The van der Waals surface area contributed by atoms with Crippen LogP contribution < -0.4 is 10.2 Å². The Kier molecular flexibility index (Phi) is 5.22. The highest BCUT2D eigenvalue weighted by Gasteiger charge is 2.13. The molecule has 0 spiro atoms. The highest BCUT2D eigenvalue weighted by Crippen LogP contribution is 2.20. The van der Waals surface area contributed by atoms with Gasteiger partial charge in [-0.05, 0) is 39.1 Å². The summed E-state index contributed by atoms with van der Waals surface area (Å²) in [4.78, 5) is 10.9. The predicted octanol–water partition coefficient (Wildman–Crippen LogP) is 2.67. The van der Waals surface area contributed by atoms with Crippen LogP contribution in [0.25, 0.3) is 0 Å². The summed E-state index contributed by atoms with van der Waals surface area (Å²) < 4.78 is 13.4. The molecule has 0 unspecified atom stereocenters. The minimum atomic E-state index is -0.311. The number of hydrogen-bond acceptors (Lipinski definition) is 4. The summed E-state index contributed by atoms with van der Waals surface area (Å²) in [5.41, 5.74) is 2.83. The predicted molar refractivity (Wildman–Crippen MR) is 82.7 cm³/mol. The fourth-order valence-corrected chi connectivity index (χ4v) is 2.30. The minimum Gasteiger partial charge on any atom is -0.351 e. The highest BCUT2D eigenvalue weighted by molar-refractivity contribution is 5.47. The Hall–Kier alpha value is -2.01. The molecule has 2 aromatic rings. The molecule has 5 heteroatoms. The first-order valence-corrected chi connectivity index (χ1v) is 7.10. The fourth-order valence-electron chi connectivity index (χ4n) is 2.30. The van der Waals surface area contributed by atoms with Crippen LogP contribution in [0.1, 0.15) is 23.9 Å². The smallest absolute Gasteiger partial charge is 0.141 e. The van der Waals surface area contributed by atoms with E-state index in [9.17, 15) is 4.39 Å². The van der Waals surface area contributed by atoms with E-state index >= 15 is 0 Å². The maximum atomic E-state index is 13.4. The minimum absolute atomic E-state index is 0.311. The maximum absolute atomic E-state index is 13.4. The third kappa shape index (κ3) is 3.98. The van der Waals surface area contributed by atoms with Crippen molar-refractivity contribution in [2.75, 3.05) is 18.5 Å². The van der Waals surface area contributed by atoms with E-state index in [4.69, 9.17) is 0 Å². The molecule has 0 aliphatic heterocycles. The number of aryl methyl sites for hydroxylation is 1. The van der Waals surface area contributed by atoms with Gasteiger partial charge in [0.1, 0.15) is 11.6 Å². The lowest BCUT2D eigenvalue weighted by atomic mass is 10.2. The molecule has 0 saturated carbocycles. The molecule has 1 N–H and O–H groups in total. The van der Waals surface area contributed by atoms with E-state index in [1.807, 2.05) is 32.2 Å². The SMILES string of the molecule is CCN(Cc1cccc(C)n1)c1ncc(F)cc1CNC. The summed E-state index contributed by atoms with van der Waals surface area (Å²) >= 11 is 0. The number of rotatable bonds is 6. The zero-order chi connectivity index (χ0) is 15.2. The molecule has 2 aromatic heterocycles. The molecule has 112 valence electrons. The Morgan fingerprint density at radius 3 is 2.81 bits per heavy atom. The van der Waals surface area contributed by atoms with E-state index in [1.165, 1.54) is 12.3 Å². The molecular formula is C16H21FN4. The van der Waals surface area contributed by atoms with Crippen molar-refractivity contribution in [2.24, 2.45) is 0 Å². The first kappa shape index (κ1) is 15.4. The molecule has 0 saturated heterocycles. The Bertz CT molecular complexity index is 601. The average molecular weight is 288 g/mol. The number of halogens is 1. The lowest BCUT2D eigenvalue weighted by Gasteiger charge is -2.24. The van der Waals surface area contributed by atoms with E-state index in [0.29, 0.717) is 13.1 Å². The first-order chi connectivity index (χ1) is 10.1. The molecule has 2 rings (SSSR count). The maximum Gasteiger partial charge on any atom is 0.141 e. The molecule has 0 aliphatic rings. The van der Waals surface area contributed by atoms with E-state index in [2.05, 4.69) is 27.1 Å². The molecule has 0 amide bonds. The van der Waals surface area contributed by atoms with Crippen molar-refractivity contribution < 1.29 is 4.39 Å². The summed E-state index contributed by atoms with van der Waals surface area (Å²) in [6, 6.07) is 7.50. The van der Waals surface area contributed by atoms with Crippen molar-refractivity contribution >= 4 is 5.82 Å². The van der Waals surface area contributed by atoms with Crippen molar-refractivity contribution in [3.05, 3.63) is 53.2 Å². The molecule has 0 aliphatic carbocycles. The molecule has 0 radical (unpaired) electrons. The van der Waals surface area contributed by atoms with E-state index < -0.39 is 0 Å². The quantitative estimate of drug-likeness (QED) is 0.887. The number of nitrogens with one attached hydrogen (secondary N) is 1. The molecule has 21 heavy (non-hydrogen) atoms. The Balaban J connectivity index is 2.28. The summed E-state index contributed by atoms with van der Waals surface area (Å²) in [5, 5.41) is 3.05. The van der Waals surface area contributed by atoms with Gasteiger partial charge in [0, 0.05) is 24.3 Å². The second-order valence-electron chi connectivity index (χ2n) is 4.95. The van der Waals surface area contributed by atoms with Crippen molar-refractivity contribution in [2.45, 2.75) is 26.9 Å². The normalized spacial score (nSPS) is 10.7. The second-order valence-corrected chi connectivity index (χ2v) is 4.95. The second kappa shape index (κ2) is 7.13. The summed E-state index contributed by atoms with van der Waals surface area (Å²) in [6.07, 6.45) is 1.26. The van der Waals surface area contributed by atoms with Gasteiger partial charge in [-0.25, -0.2) is 9.37 Å². The van der Waals surface area contributed by atoms with Crippen LogP contribution in [0.5, 0.6) is 0 Å². The number of pyridine rings is 2. The molecular weight excluding hydrogens is 267 g/mol. The molecule has 0 fully saturated rings. The zero-order valence-corrected chi connectivity index (χ0v) is 12.7. The third-order valence-electron chi connectivity index (χ3n) is 3.26. The van der Waals surface area contributed by atoms with Gasteiger partial charge < -0.3 is 10.2 Å². The number of anilines is 1. The average Bonchev–Trinajstić information content (AvgIpc) is 2.46. The van der Waals surface area contributed by atoms with E-state index in [-0.39, 0.29) is 5.82 Å². The van der Waals surface area contributed by atoms with E-state index in [0.717, 1.165) is 29.3 Å². The Labute approximate surface area is 125 Å². The standard InChI is InChI=1S/C16H21FN4/c1-4-21(11-15-7-5-6-12(2)20-15)16-13(9-18-3)8-14(17)10-19-16/h5-8,10,18H,4,9,11H2,1-3H3. The number of aromatic nitrogens is 2. The van der Waals surface area contributed by atoms with Crippen LogP contribution >= 0.6 is 0 Å². The van der Waals surface area contributed by atoms with Crippen LogP contribution in [0.15, 0.2) is 30.5 Å². The zero-order valence-electron chi connectivity index (χ0n) is 12.7. The lowest BCUT2D eigenvalue weighted by molar-refractivity contribution is 0.614. The van der Waals surface area contributed by atoms with E-state index in [1.54, 1.807) is 0 Å². The van der Waals surface area contributed by atoms with Crippen molar-refractivity contribution in [1.82, 2.24) is 15.3 Å². The summed E-state index contributed by atoms with van der Waals surface area (Å²) in [6.45, 7) is 6.06. The highest BCUT2D eigenvalue weighted by atomic mass is 19.1. The fraction of sp³-hybridized carbons (Fsp3) is 0.375. The number of nitrogens with zero attached hydrogens (tertiary/aromatic N) is 3. The molecule has 4 nitrogen and oxygen atoms in total. The van der Waals surface area contributed by atoms with Gasteiger partial charge in [-0.1, -0.05) is 6.07 Å². The van der Waals surface area contributed by atoms with Crippen LogP contribution in [-0.4, -0.2) is 23.6 Å². The number of hydrogen-bond donors (Lipinski definition) is 1. The van der Waals surface area contributed by atoms with Gasteiger partial charge in [0.05, 0.1) is 18.4 Å². The summed E-state index contributed by atoms with van der Waals surface area (Å²) in [5.74, 6) is 0.491. The monoisotopic (exact) mass is 288 g/mol. The molecule has 0 aromatic carbocycles. The lowest BCUT2D eigenvalue weighted by Crippen LogP contribution is -2.26. The van der Waals surface area contributed by atoms with Crippen LogP contribution in [0.3, 0.4) is 0 Å². The topological polar surface area (TPSA) is 41.1 Å². The molecule has 0 atom stereocenters. The van der Waals surface area contributed by atoms with Crippen molar-refractivity contribution in [1.29, 1.82) is 0 Å². The Morgan fingerprint density at radius 1 is 1.33 bits per heavy atom. The third-order valence-corrected chi connectivity index (χ3v) is 3.26. The van der Waals surface area contributed by atoms with Gasteiger partial charge in [0.2, 0.25) is 0 Å². The van der Waals surface area contributed by atoms with Gasteiger partial charge in [0.25, 0.3) is 0 Å². The van der Waals surface area contributed by atoms with Gasteiger partial charge in [0.15, 0.2) is 0 Å². The summed E-state index contributed by atoms with van der Waals surface area (Å²) in [7, 11) is 1.84. The molecule has 0 bridgehead atoms. The Morgan fingerprint density at radius 2 is 2.14 bits per heavy atom. The van der Waals surface area contributed by atoms with Crippen molar-refractivity contribution in [3.63, 3.8) is 0 Å². The molecule has 2 heterocycles. The first-order valence-electron chi connectivity index (χ1n) is 7.10. The van der Waals surface area contributed by atoms with Gasteiger partial charge in [-0.15, -0.1) is 0 Å². The van der Waals surface area contributed by atoms with Gasteiger partial charge in [-0.2, -0.15) is 0 Å². The van der Waals surface area contributed by atoms with Crippen LogP contribution in [0.4, 0.5) is 10.2 Å². The van der Waals surface area contributed by atoms with Gasteiger partial charge in [-0.3, -0.25) is 4.98 Å². The van der Waals surface area contributed by atoms with Crippen molar-refractivity contribution in [3.8, 4) is 0 Å². The van der Waals surface area contributed by atoms with Crippen LogP contribution in [0.2, 0.25) is 0 Å². The largest absolute Gasteiger partial charge is 0.351 e. The van der Waals surface area contributed by atoms with Crippen LogP contribution in [-0.2, 0) is 13.1 Å².